The third kappa shape index (κ3) is 3.52. The highest BCUT2D eigenvalue weighted by Crippen LogP contribution is 2.42. The van der Waals surface area contributed by atoms with Crippen LogP contribution in [0.3, 0.4) is 0 Å². The fourth-order valence-electron chi connectivity index (χ4n) is 1.51. The number of halogens is 4. The molecule has 3 nitrogen and oxygen atoms in total. The lowest BCUT2D eigenvalue weighted by Gasteiger charge is -2.18. The predicted octanol–water partition coefficient (Wildman–Crippen LogP) is 3.45. The van der Waals surface area contributed by atoms with Gasteiger partial charge in [0.1, 0.15) is 16.0 Å². The van der Waals surface area contributed by atoms with Crippen molar-refractivity contribution in [3.05, 3.63) is 22.2 Å². The Morgan fingerprint density at radius 3 is 2.33 bits per heavy atom. The second-order valence-electron chi connectivity index (χ2n) is 3.54. The fourth-order valence-corrected chi connectivity index (χ4v) is 2.19. The van der Waals surface area contributed by atoms with Crippen molar-refractivity contribution in [2.24, 2.45) is 0 Å². The molecular weight excluding hydrogens is 317 g/mol. The molecule has 1 atom stereocenters. The summed E-state index contributed by atoms with van der Waals surface area (Å²) in [5.74, 6) is 0.543. The third-order valence-electron chi connectivity index (χ3n) is 2.30. The number of rotatable bonds is 4. The molecule has 18 heavy (non-hydrogen) atoms. The molecule has 0 radical (unpaired) electrons. The molecule has 0 bridgehead atoms. The molecule has 1 aromatic carbocycles. The van der Waals surface area contributed by atoms with Crippen LogP contribution in [0.1, 0.15) is 18.1 Å². The van der Waals surface area contributed by atoms with E-state index in [0.29, 0.717) is 10.2 Å². The van der Waals surface area contributed by atoms with E-state index in [1.807, 2.05) is 0 Å². The van der Waals surface area contributed by atoms with Crippen LogP contribution >= 0.6 is 15.9 Å². The fraction of sp³-hybridized carbons (Fsp3) is 0.455. The normalized spacial score (nSPS) is 13.3. The minimum atomic E-state index is -4.45. The van der Waals surface area contributed by atoms with Crippen molar-refractivity contribution in [1.29, 1.82) is 0 Å². The lowest BCUT2D eigenvalue weighted by Crippen LogP contribution is -2.14. The van der Waals surface area contributed by atoms with Gasteiger partial charge in [-0.05, 0) is 28.1 Å². The molecule has 102 valence electrons. The highest BCUT2D eigenvalue weighted by atomic mass is 79.9. The van der Waals surface area contributed by atoms with Crippen LogP contribution in [-0.2, 0) is 0 Å². The molecule has 7 heteroatoms. The van der Waals surface area contributed by atoms with E-state index in [2.05, 4.69) is 15.9 Å². The van der Waals surface area contributed by atoms with E-state index in [0.717, 1.165) is 0 Å². The van der Waals surface area contributed by atoms with E-state index >= 15 is 0 Å². The molecule has 0 saturated heterocycles. The zero-order valence-electron chi connectivity index (χ0n) is 9.71. The van der Waals surface area contributed by atoms with Gasteiger partial charge in [-0.25, -0.2) is 0 Å². The first-order valence-electron chi connectivity index (χ1n) is 4.95. The van der Waals surface area contributed by atoms with Gasteiger partial charge >= 0.3 is 6.18 Å². The Kier molecular flexibility index (Phi) is 4.86. The molecule has 0 aliphatic rings. The molecule has 0 aromatic heterocycles. The molecule has 0 amide bonds. The second kappa shape index (κ2) is 5.79. The largest absolute Gasteiger partial charge is 0.495 e. The molecule has 1 aromatic rings. The Hall–Kier alpha value is -0.950. The Bertz CT molecular complexity index is 421. The summed E-state index contributed by atoms with van der Waals surface area (Å²) in [4.78, 5) is 0. The lowest BCUT2D eigenvalue weighted by atomic mass is 10.0. The average Bonchev–Trinajstić information content (AvgIpc) is 2.26. The Labute approximate surface area is 111 Å². The first-order chi connectivity index (χ1) is 8.30. The van der Waals surface area contributed by atoms with Gasteiger partial charge in [-0.2, -0.15) is 13.2 Å². The van der Waals surface area contributed by atoms with Crippen LogP contribution in [0.5, 0.6) is 11.5 Å². The summed E-state index contributed by atoms with van der Waals surface area (Å²) in [6.45, 7) is 0. The number of alkyl halides is 3. The van der Waals surface area contributed by atoms with E-state index in [-0.39, 0.29) is 11.3 Å². The van der Waals surface area contributed by atoms with E-state index in [1.54, 1.807) is 0 Å². The third-order valence-corrected chi connectivity index (χ3v) is 3.05. The van der Waals surface area contributed by atoms with Crippen molar-refractivity contribution in [1.82, 2.24) is 0 Å². The van der Waals surface area contributed by atoms with Crippen LogP contribution in [0.2, 0.25) is 0 Å². The van der Waals surface area contributed by atoms with Gasteiger partial charge in [-0.15, -0.1) is 0 Å². The van der Waals surface area contributed by atoms with E-state index < -0.39 is 18.7 Å². The smallest absolute Gasteiger partial charge is 0.391 e. The summed E-state index contributed by atoms with van der Waals surface area (Å²) < 4.78 is 47.1. The van der Waals surface area contributed by atoms with E-state index in [9.17, 15) is 18.3 Å². The van der Waals surface area contributed by atoms with Gasteiger partial charge in [0.2, 0.25) is 0 Å². The predicted molar refractivity (Wildman–Crippen MR) is 62.9 cm³/mol. The first kappa shape index (κ1) is 15.1. The number of hydrogen-bond acceptors (Lipinski definition) is 3. The summed E-state index contributed by atoms with van der Waals surface area (Å²) >= 11 is 3.16. The lowest BCUT2D eigenvalue weighted by molar-refractivity contribution is -0.154. The molecule has 0 spiro atoms. The molecular formula is C11H12BrF3O3. The maximum absolute atomic E-state index is 12.2. The molecule has 0 saturated carbocycles. The first-order valence-corrected chi connectivity index (χ1v) is 5.74. The zero-order chi connectivity index (χ0) is 13.9. The van der Waals surface area contributed by atoms with Crippen molar-refractivity contribution in [2.45, 2.75) is 18.7 Å². The molecule has 1 N–H and O–H groups in total. The Balaban J connectivity index is 3.13. The number of benzene rings is 1. The highest BCUT2D eigenvalue weighted by Gasteiger charge is 2.33. The molecule has 1 rings (SSSR count). The number of aliphatic hydroxyl groups excluding tert-OH is 1. The highest BCUT2D eigenvalue weighted by molar-refractivity contribution is 9.10. The number of ether oxygens (including phenoxy) is 2. The quantitative estimate of drug-likeness (QED) is 0.920. The second-order valence-corrected chi connectivity index (χ2v) is 4.33. The minimum Gasteiger partial charge on any atom is -0.495 e. The van der Waals surface area contributed by atoms with Crippen LogP contribution in [0.25, 0.3) is 0 Å². The van der Waals surface area contributed by atoms with Crippen molar-refractivity contribution in [2.75, 3.05) is 14.2 Å². The SMILES string of the molecule is COc1ccc(C(O)CC(F)(F)F)c(OC)c1Br. The van der Waals surface area contributed by atoms with Crippen molar-refractivity contribution < 1.29 is 27.8 Å². The monoisotopic (exact) mass is 328 g/mol. The van der Waals surface area contributed by atoms with Crippen LogP contribution in [0.4, 0.5) is 13.2 Å². The molecule has 1 unspecified atom stereocenters. The van der Waals surface area contributed by atoms with Gasteiger partial charge in [-0.1, -0.05) is 0 Å². The van der Waals surface area contributed by atoms with Gasteiger partial charge in [0, 0.05) is 5.56 Å². The van der Waals surface area contributed by atoms with Crippen LogP contribution in [-0.4, -0.2) is 25.5 Å². The van der Waals surface area contributed by atoms with E-state index in [1.165, 1.54) is 26.4 Å². The number of hydrogen-bond donors (Lipinski definition) is 1. The summed E-state index contributed by atoms with van der Waals surface area (Å²) in [5, 5.41) is 9.59. The molecule has 0 fully saturated rings. The number of aliphatic hydroxyl groups is 1. The molecule has 0 aliphatic carbocycles. The molecule has 0 heterocycles. The summed E-state index contributed by atoms with van der Waals surface area (Å²) in [7, 11) is 2.73. The van der Waals surface area contributed by atoms with Gasteiger partial charge in [0.25, 0.3) is 0 Å². The van der Waals surface area contributed by atoms with Crippen molar-refractivity contribution >= 4 is 15.9 Å². The zero-order valence-corrected chi connectivity index (χ0v) is 11.3. The van der Waals surface area contributed by atoms with Crippen LogP contribution in [0, 0.1) is 0 Å². The van der Waals surface area contributed by atoms with Crippen LogP contribution < -0.4 is 9.47 Å². The number of methoxy groups -OCH3 is 2. The molecule has 0 aliphatic heterocycles. The topological polar surface area (TPSA) is 38.7 Å². The van der Waals surface area contributed by atoms with Crippen molar-refractivity contribution in [3.8, 4) is 11.5 Å². The summed E-state index contributed by atoms with van der Waals surface area (Å²) in [6.07, 6.45) is -7.46. The maximum atomic E-state index is 12.2. The maximum Gasteiger partial charge on any atom is 0.391 e. The minimum absolute atomic E-state index is 0.0579. The van der Waals surface area contributed by atoms with Gasteiger partial charge in [0.15, 0.2) is 0 Å². The van der Waals surface area contributed by atoms with E-state index in [4.69, 9.17) is 9.47 Å². The van der Waals surface area contributed by atoms with Crippen LogP contribution in [0.15, 0.2) is 16.6 Å². The summed E-state index contributed by atoms with van der Waals surface area (Å²) in [5.41, 5.74) is 0.0579. The standard InChI is InChI=1S/C11H12BrF3O3/c1-17-8-4-3-6(10(18-2)9(8)12)7(16)5-11(13,14)15/h3-4,7,16H,5H2,1-2H3. The van der Waals surface area contributed by atoms with Gasteiger partial charge in [0.05, 0.1) is 26.7 Å². The van der Waals surface area contributed by atoms with Gasteiger partial charge < -0.3 is 14.6 Å². The van der Waals surface area contributed by atoms with Crippen molar-refractivity contribution in [3.63, 3.8) is 0 Å². The Morgan fingerprint density at radius 2 is 1.89 bits per heavy atom. The Morgan fingerprint density at radius 1 is 1.28 bits per heavy atom. The average molecular weight is 329 g/mol. The summed E-state index contributed by atoms with van der Waals surface area (Å²) in [6, 6.07) is 2.81. The van der Waals surface area contributed by atoms with Gasteiger partial charge in [-0.3, -0.25) is 0 Å².